The second-order valence-corrected chi connectivity index (χ2v) is 26.2. The molecule has 1 unspecified atom stereocenters. The Morgan fingerprint density at radius 2 is 1.04 bits per heavy atom. The van der Waals surface area contributed by atoms with Gasteiger partial charge in [0.05, 0.1) is 5.69 Å². The van der Waals surface area contributed by atoms with Crippen LogP contribution in [0.5, 0.6) is 0 Å². The summed E-state index contributed by atoms with van der Waals surface area (Å²) in [7, 11) is 0. The van der Waals surface area contributed by atoms with Crippen LogP contribution in [0.4, 0.5) is 34.1 Å². The highest BCUT2D eigenvalue weighted by atomic mass is 16.3. The number of hydrogen-bond acceptors (Lipinski definition) is 3. The Balaban J connectivity index is 1.16. The van der Waals surface area contributed by atoms with Crippen molar-refractivity contribution >= 4 is 79.2 Å². The van der Waals surface area contributed by atoms with Gasteiger partial charge in [-0.2, -0.15) is 0 Å². The molecular formula is C65H69BN2O. The number of nitrogens with zero attached hydrogens (tertiary/aromatic N) is 2. The smallest absolute Gasteiger partial charge is 0.252 e. The third-order valence-electron chi connectivity index (χ3n) is 18.6. The third kappa shape index (κ3) is 5.58. The molecule has 3 heterocycles. The average molecular weight is 905 g/mol. The van der Waals surface area contributed by atoms with Crippen LogP contribution in [-0.4, -0.2) is 6.71 Å². The largest absolute Gasteiger partial charge is 0.454 e. The molecule has 4 heteroatoms. The molecule has 1 aromatic heterocycles. The number of aryl methyl sites for hydroxylation is 2. The van der Waals surface area contributed by atoms with Gasteiger partial charge in [0.15, 0.2) is 5.58 Å². The number of fused-ring (bicyclic) bond motifs is 10. The van der Waals surface area contributed by atoms with Crippen LogP contribution in [0.1, 0.15) is 154 Å². The van der Waals surface area contributed by atoms with E-state index in [-0.39, 0.29) is 39.2 Å². The number of allylic oxidation sites excluding steroid dienone is 4. The molecule has 0 bridgehead atoms. The van der Waals surface area contributed by atoms with Gasteiger partial charge in [0.2, 0.25) is 0 Å². The fraction of sp³-hybridized carbons (Fsp3) is 0.385. The standard InChI is InChI=1S/C65H69BN2O/c1-36-26-54-58-55(27-36)68(51-33-47-46(28-38(51)3)64(12,13)41-23-18-20-37(2)57(41)65(47,14)15)53-32-45-43(61(6,7)35-63(45,10)11)30-49(53)66(58)48-29-42-44(62(8,9)34-60(42,4)5)31-52(48)67(54)50-24-19-22-40-39-21-16-17-25-56(39)69-59(40)50/h16-19,21-33,37H,20,34-35H2,1-15H3. The van der Waals surface area contributed by atoms with Crippen LogP contribution in [0.2, 0.25) is 0 Å². The number of rotatable bonds is 2. The number of benzene rings is 6. The molecule has 0 amide bonds. The maximum atomic E-state index is 6.99. The third-order valence-corrected chi connectivity index (χ3v) is 18.6. The quantitative estimate of drug-likeness (QED) is 0.161. The van der Waals surface area contributed by atoms with E-state index < -0.39 is 0 Å². The van der Waals surface area contributed by atoms with Gasteiger partial charge in [0.25, 0.3) is 6.71 Å². The molecule has 0 saturated heterocycles. The first-order valence-corrected chi connectivity index (χ1v) is 26.0. The number of para-hydroxylation sites is 2. The van der Waals surface area contributed by atoms with Crippen molar-refractivity contribution in [2.75, 3.05) is 9.80 Å². The fourth-order valence-electron chi connectivity index (χ4n) is 16.1. The molecule has 1 atom stereocenters. The van der Waals surface area contributed by atoms with Crippen molar-refractivity contribution in [1.82, 2.24) is 0 Å². The van der Waals surface area contributed by atoms with Crippen LogP contribution in [0.15, 0.2) is 119 Å². The molecular weight excluding hydrogens is 836 g/mol. The molecule has 3 nitrogen and oxygen atoms in total. The maximum absolute atomic E-state index is 6.99. The van der Waals surface area contributed by atoms with E-state index in [0.29, 0.717) is 5.92 Å². The van der Waals surface area contributed by atoms with Gasteiger partial charge in [-0.15, -0.1) is 0 Å². The molecule has 2 aliphatic heterocycles. The molecule has 348 valence electrons. The van der Waals surface area contributed by atoms with Crippen LogP contribution in [0, 0.1) is 19.8 Å². The van der Waals surface area contributed by atoms with Crippen molar-refractivity contribution in [2.24, 2.45) is 5.92 Å². The van der Waals surface area contributed by atoms with Crippen LogP contribution in [-0.2, 0) is 32.5 Å². The highest BCUT2D eigenvalue weighted by Crippen LogP contribution is 2.59. The van der Waals surface area contributed by atoms with Gasteiger partial charge in [-0.05, 0) is 170 Å². The van der Waals surface area contributed by atoms with E-state index in [1.165, 1.54) is 94.9 Å². The van der Waals surface area contributed by atoms with E-state index in [1.807, 2.05) is 0 Å². The molecule has 6 aliphatic rings. The lowest BCUT2D eigenvalue weighted by Gasteiger charge is -2.49. The zero-order valence-electron chi connectivity index (χ0n) is 43.9. The van der Waals surface area contributed by atoms with E-state index in [0.717, 1.165) is 46.9 Å². The molecule has 0 radical (unpaired) electrons. The Morgan fingerprint density at radius 3 is 1.65 bits per heavy atom. The van der Waals surface area contributed by atoms with Crippen molar-refractivity contribution in [1.29, 1.82) is 0 Å². The first kappa shape index (κ1) is 43.3. The molecule has 0 spiro atoms. The maximum Gasteiger partial charge on any atom is 0.252 e. The topological polar surface area (TPSA) is 19.6 Å². The molecule has 13 rings (SSSR count). The summed E-state index contributed by atoms with van der Waals surface area (Å²) in [5.41, 5.74) is 28.0. The van der Waals surface area contributed by atoms with Crippen LogP contribution in [0.3, 0.4) is 0 Å². The lowest BCUT2D eigenvalue weighted by molar-refractivity contribution is 0.403. The normalized spacial score (nSPS) is 22.0. The Morgan fingerprint density at radius 1 is 0.522 bits per heavy atom. The van der Waals surface area contributed by atoms with Gasteiger partial charge >= 0.3 is 0 Å². The van der Waals surface area contributed by atoms with Gasteiger partial charge in [0, 0.05) is 50.0 Å². The highest BCUT2D eigenvalue weighted by molar-refractivity contribution is 7.00. The van der Waals surface area contributed by atoms with Crippen LogP contribution in [0.25, 0.3) is 21.9 Å². The summed E-state index contributed by atoms with van der Waals surface area (Å²) in [6.45, 7) is 36.9. The molecule has 69 heavy (non-hydrogen) atoms. The van der Waals surface area contributed by atoms with Crippen molar-refractivity contribution < 1.29 is 4.42 Å². The van der Waals surface area contributed by atoms with Crippen molar-refractivity contribution in [2.45, 2.75) is 156 Å². The summed E-state index contributed by atoms with van der Waals surface area (Å²) in [4.78, 5) is 5.35. The summed E-state index contributed by atoms with van der Waals surface area (Å²) >= 11 is 0. The van der Waals surface area contributed by atoms with Gasteiger partial charge < -0.3 is 14.2 Å². The zero-order chi connectivity index (χ0) is 48.4. The Labute approximate surface area is 411 Å². The monoisotopic (exact) mass is 905 g/mol. The Kier molecular flexibility index (Phi) is 8.38. The molecule has 7 aromatic rings. The number of furan rings is 1. The van der Waals surface area contributed by atoms with Gasteiger partial charge in [0.1, 0.15) is 5.58 Å². The van der Waals surface area contributed by atoms with Crippen LogP contribution >= 0.6 is 0 Å². The number of anilines is 6. The van der Waals surface area contributed by atoms with Crippen molar-refractivity contribution in [3.8, 4) is 0 Å². The molecule has 0 saturated carbocycles. The number of hydrogen-bond donors (Lipinski definition) is 0. The van der Waals surface area contributed by atoms with Crippen LogP contribution < -0.4 is 26.2 Å². The Bertz CT molecular complexity index is 3550. The van der Waals surface area contributed by atoms with Gasteiger partial charge in [-0.1, -0.05) is 156 Å². The van der Waals surface area contributed by atoms with Gasteiger partial charge in [-0.3, -0.25) is 0 Å². The molecule has 6 aromatic carbocycles. The van der Waals surface area contributed by atoms with E-state index in [2.05, 4.69) is 217 Å². The van der Waals surface area contributed by atoms with E-state index in [1.54, 1.807) is 5.57 Å². The lowest BCUT2D eigenvalue weighted by Crippen LogP contribution is -2.62. The van der Waals surface area contributed by atoms with E-state index in [9.17, 15) is 0 Å². The van der Waals surface area contributed by atoms with Crippen molar-refractivity contribution in [3.63, 3.8) is 0 Å². The first-order chi connectivity index (χ1) is 32.4. The van der Waals surface area contributed by atoms with Crippen molar-refractivity contribution in [3.05, 3.63) is 159 Å². The summed E-state index contributed by atoms with van der Waals surface area (Å²) < 4.78 is 6.99. The average Bonchev–Trinajstić information content (AvgIpc) is 3.81. The summed E-state index contributed by atoms with van der Waals surface area (Å²) in [5.74, 6) is 0.491. The summed E-state index contributed by atoms with van der Waals surface area (Å²) in [6, 6.07) is 36.2. The predicted octanol–water partition coefficient (Wildman–Crippen LogP) is 15.7. The predicted molar refractivity (Wildman–Crippen MR) is 295 cm³/mol. The minimum absolute atomic E-state index is 0.0218. The zero-order valence-corrected chi connectivity index (χ0v) is 43.9. The second kappa shape index (κ2) is 13.4. The minimum Gasteiger partial charge on any atom is -0.454 e. The summed E-state index contributed by atoms with van der Waals surface area (Å²) in [6.07, 6.45) is 8.20. The highest BCUT2D eigenvalue weighted by Gasteiger charge is 2.52. The van der Waals surface area contributed by atoms with Gasteiger partial charge in [-0.25, -0.2) is 0 Å². The molecule has 0 N–H and O–H groups in total. The molecule has 4 aliphatic carbocycles. The minimum atomic E-state index is -0.133. The first-order valence-electron chi connectivity index (χ1n) is 26.0. The Hall–Kier alpha value is -5.74. The summed E-state index contributed by atoms with van der Waals surface area (Å²) in [5, 5.41) is 2.31. The fourth-order valence-corrected chi connectivity index (χ4v) is 16.1. The van der Waals surface area contributed by atoms with E-state index in [4.69, 9.17) is 4.42 Å². The lowest BCUT2D eigenvalue weighted by atomic mass is 9.33. The molecule has 0 fully saturated rings. The SMILES string of the molecule is Cc1cc2c3c(c1)N(c1cccc4c1oc1ccccc14)c1cc4c(cc1B3c1cc3c(cc1N2c1cc2c(cc1C)C(C)(C)C1=C(C(C)CC=C1)C2(C)C)C(C)(C)CC3(C)C)C(C)(C)CC4(C)C. The second-order valence-electron chi connectivity index (χ2n) is 26.2. The van der Waals surface area contributed by atoms with E-state index >= 15 is 0 Å².